The third kappa shape index (κ3) is 4.36. The number of hydrogen-bond acceptors (Lipinski definition) is 4. The van der Waals surface area contributed by atoms with Crippen molar-refractivity contribution in [2.24, 2.45) is 0 Å². The Kier molecular flexibility index (Phi) is 6.39. The first-order valence-electron chi connectivity index (χ1n) is 7.75. The molecule has 1 amide bonds. The van der Waals surface area contributed by atoms with Crippen LogP contribution in [0.2, 0.25) is 0 Å². The maximum absolute atomic E-state index is 13.0. The summed E-state index contributed by atoms with van der Waals surface area (Å²) in [5.41, 5.74) is 0.501. The van der Waals surface area contributed by atoms with Gasteiger partial charge in [-0.1, -0.05) is 12.1 Å². The van der Waals surface area contributed by atoms with Crippen molar-refractivity contribution in [2.75, 3.05) is 13.1 Å². The SMILES string of the molecule is CCN(CC)C(=O)CCn1c(=O)cc(-c2ccc(F)cc2)sc1=S. The molecule has 24 heavy (non-hydrogen) atoms. The number of benzene rings is 1. The Bertz CT molecular complexity index is 792. The predicted octanol–water partition coefficient (Wildman–Crippen LogP) is 3.70. The number of rotatable bonds is 6. The van der Waals surface area contributed by atoms with Crippen LogP contribution >= 0.6 is 23.6 Å². The van der Waals surface area contributed by atoms with Crippen molar-refractivity contribution in [3.05, 3.63) is 50.5 Å². The number of hydrogen-bond donors (Lipinski definition) is 0. The summed E-state index contributed by atoms with van der Waals surface area (Å²) in [4.78, 5) is 26.8. The summed E-state index contributed by atoms with van der Waals surface area (Å²) in [5.74, 6) is -0.320. The van der Waals surface area contributed by atoms with Gasteiger partial charge in [0.1, 0.15) is 5.82 Å². The van der Waals surface area contributed by atoms with Gasteiger partial charge in [-0.25, -0.2) is 4.39 Å². The second-order valence-electron chi connectivity index (χ2n) is 5.19. The van der Waals surface area contributed by atoms with Crippen LogP contribution in [0.5, 0.6) is 0 Å². The van der Waals surface area contributed by atoms with E-state index in [4.69, 9.17) is 12.2 Å². The van der Waals surface area contributed by atoms with E-state index in [1.807, 2.05) is 13.8 Å². The molecule has 1 aromatic carbocycles. The Hall–Kier alpha value is -1.86. The topological polar surface area (TPSA) is 42.3 Å². The summed E-state index contributed by atoms with van der Waals surface area (Å²) in [6.45, 7) is 5.42. The molecule has 0 unspecified atom stereocenters. The van der Waals surface area contributed by atoms with E-state index in [-0.39, 0.29) is 30.2 Å². The number of aromatic nitrogens is 1. The van der Waals surface area contributed by atoms with Crippen molar-refractivity contribution >= 4 is 29.5 Å². The molecule has 0 N–H and O–H groups in total. The van der Waals surface area contributed by atoms with Crippen molar-refractivity contribution in [3.8, 4) is 10.4 Å². The van der Waals surface area contributed by atoms with E-state index in [9.17, 15) is 14.0 Å². The van der Waals surface area contributed by atoms with Crippen LogP contribution in [0, 0.1) is 9.77 Å². The van der Waals surface area contributed by atoms with Gasteiger partial charge in [0.25, 0.3) is 5.56 Å². The molecule has 0 saturated carbocycles. The summed E-state index contributed by atoms with van der Waals surface area (Å²) in [7, 11) is 0. The van der Waals surface area contributed by atoms with Gasteiger partial charge in [0.15, 0.2) is 3.95 Å². The fourth-order valence-corrected chi connectivity index (χ4v) is 3.70. The molecule has 1 aromatic heterocycles. The van der Waals surface area contributed by atoms with Crippen molar-refractivity contribution in [1.29, 1.82) is 0 Å². The average Bonchev–Trinajstić information content (AvgIpc) is 2.55. The van der Waals surface area contributed by atoms with Crippen LogP contribution in [-0.4, -0.2) is 28.5 Å². The molecule has 7 heteroatoms. The minimum atomic E-state index is -0.328. The second-order valence-corrected chi connectivity index (χ2v) is 6.87. The quantitative estimate of drug-likeness (QED) is 0.732. The molecule has 0 radical (unpaired) electrons. The lowest BCUT2D eigenvalue weighted by Crippen LogP contribution is -2.32. The zero-order valence-electron chi connectivity index (χ0n) is 13.6. The van der Waals surface area contributed by atoms with Gasteiger partial charge in [0.2, 0.25) is 5.91 Å². The first-order chi connectivity index (χ1) is 11.5. The standard InChI is InChI=1S/C17H19FN2O2S2/c1-3-19(4-2)15(21)9-10-20-16(22)11-14(24-17(20)23)12-5-7-13(18)8-6-12/h5-8,11H,3-4,9-10H2,1-2H3. The molecule has 0 aliphatic rings. The summed E-state index contributed by atoms with van der Waals surface area (Å²) in [5, 5.41) is 0. The molecular weight excluding hydrogens is 347 g/mol. The number of nitrogens with zero attached hydrogens (tertiary/aromatic N) is 2. The smallest absolute Gasteiger partial charge is 0.253 e. The average molecular weight is 366 g/mol. The normalized spacial score (nSPS) is 10.6. The van der Waals surface area contributed by atoms with Crippen LogP contribution in [0.15, 0.2) is 35.1 Å². The Balaban J connectivity index is 2.22. The number of carbonyl (C=O) groups is 1. The minimum Gasteiger partial charge on any atom is -0.343 e. The van der Waals surface area contributed by atoms with Crippen LogP contribution in [0.3, 0.4) is 0 Å². The van der Waals surface area contributed by atoms with Crippen LogP contribution < -0.4 is 5.56 Å². The second kappa shape index (κ2) is 8.30. The highest BCUT2D eigenvalue weighted by atomic mass is 32.1. The largest absolute Gasteiger partial charge is 0.343 e. The molecule has 0 aliphatic heterocycles. The van der Waals surface area contributed by atoms with Gasteiger partial charge >= 0.3 is 0 Å². The summed E-state index contributed by atoms with van der Waals surface area (Å²) in [6.07, 6.45) is 0.244. The Morgan fingerprint density at radius 3 is 2.42 bits per heavy atom. The minimum absolute atomic E-state index is 0.00825. The zero-order valence-corrected chi connectivity index (χ0v) is 15.3. The summed E-state index contributed by atoms with van der Waals surface area (Å²) < 4.78 is 14.9. The third-order valence-corrected chi connectivity index (χ3v) is 5.17. The summed E-state index contributed by atoms with van der Waals surface area (Å²) >= 11 is 6.59. The number of amides is 1. The Morgan fingerprint density at radius 2 is 1.88 bits per heavy atom. The van der Waals surface area contributed by atoms with E-state index in [0.717, 1.165) is 5.56 Å². The van der Waals surface area contributed by atoms with E-state index < -0.39 is 0 Å². The molecule has 2 aromatic rings. The monoisotopic (exact) mass is 366 g/mol. The number of halogens is 1. The first-order valence-corrected chi connectivity index (χ1v) is 8.97. The molecule has 0 spiro atoms. The van der Waals surface area contributed by atoms with Crippen molar-refractivity contribution in [2.45, 2.75) is 26.8 Å². The fraction of sp³-hybridized carbons (Fsp3) is 0.353. The van der Waals surface area contributed by atoms with E-state index in [2.05, 4.69) is 0 Å². The molecule has 1 heterocycles. The van der Waals surface area contributed by atoms with E-state index in [1.165, 1.54) is 34.1 Å². The summed E-state index contributed by atoms with van der Waals surface area (Å²) in [6, 6.07) is 7.40. The van der Waals surface area contributed by atoms with E-state index >= 15 is 0 Å². The van der Waals surface area contributed by atoms with Crippen molar-refractivity contribution in [1.82, 2.24) is 9.47 Å². The predicted molar refractivity (Wildman–Crippen MR) is 97.4 cm³/mol. The Morgan fingerprint density at radius 1 is 1.25 bits per heavy atom. The molecule has 0 bridgehead atoms. The van der Waals surface area contributed by atoms with Gasteiger partial charge in [-0.2, -0.15) is 0 Å². The molecule has 0 saturated heterocycles. The van der Waals surface area contributed by atoms with E-state index in [1.54, 1.807) is 17.0 Å². The molecule has 4 nitrogen and oxygen atoms in total. The van der Waals surface area contributed by atoms with Crippen LogP contribution in [0.1, 0.15) is 20.3 Å². The molecule has 0 fully saturated rings. The highest BCUT2D eigenvalue weighted by Gasteiger charge is 2.11. The van der Waals surface area contributed by atoms with Crippen molar-refractivity contribution < 1.29 is 9.18 Å². The maximum Gasteiger partial charge on any atom is 0.253 e. The van der Waals surface area contributed by atoms with Gasteiger partial charge in [0, 0.05) is 37.0 Å². The van der Waals surface area contributed by atoms with Gasteiger partial charge in [-0.15, -0.1) is 11.3 Å². The third-order valence-electron chi connectivity index (χ3n) is 3.73. The lowest BCUT2D eigenvalue weighted by molar-refractivity contribution is -0.131. The number of carbonyl (C=O) groups excluding carboxylic acids is 1. The van der Waals surface area contributed by atoms with Crippen LogP contribution in [0.4, 0.5) is 4.39 Å². The highest BCUT2D eigenvalue weighted by Crippen LogP contribution is 2.23. The lowest BCUT2D eigenvalue weighted by atomic mass is 10.2. The van der Waals surface area contributed by atoms with Gasteiger partial charge < -0.3 is 4.90 Å². The van der Waals surface area contributed by atoms with Gasteiger partial charge in [-0.05, 0) is 43.8 Å². The van der Waals surface area contributed by atoms with E-state index in [0.29, 0.717) is 21.9 Å². The molecule has 0 atom stereocenters. The van der Waals surface area contributed by atoms with Gasteiger partial charge in [0.05, 0.1) is 0 Å². The van der Waals surface area contributed by atoms with Crippen LogP contribution in [0.25, 0.3) is 10.4 Å². The molecule has 0 aliphatic carbocycles. The van der Waals surface area contributed by atoms with Crippen molar-refractivity contribution in [3.63, 3.8) is 0 Å². The Labute approximate surface area is 149 Å². The zero-order chi connectivity index (χ0) is 17.7. The lowest BCUT2D eigenvalue weighted by Gasteiger charge is -2.18. The first kappa shape index (κ1) is 18.5. The highest BCUT2D eigenvalue weighted by molar-refractivity contribution is 7.73. The fourth-order valence-electron chi connectivity index (χ4n) is 2.36. The van der Waals surface area contributed by atoms with Crippen LogP contribution in [-0.2, 0) is 11.3 Å². The molecule has 128 valence electrons. The maximum atomic E-state index is 13.0. The molecular formula is C17H19FN2O2S2. The van der Waals surface area contributed by atoms with Gasteiger partial charge in [-0.3, -0.25) is 14.2 Å². The molecule has 2 rings (SSSR count).